The van der Waals surface area contributed by atoms with Gasteiger partial charge in [-0.1, -0.05) is 30.3 Å². The molecular weight excluding hydrogens is 466 g/mol. The van der Waals surface area contributed by atoms with E-state index < -0.39 is 36.1 Å². The molecule has 0 saturated carbocycles. The molecule has 1 aliphatic rings. The van der Waals surface area contributed by atoms with Gasteiger partial charge in [0, 0.05) is 12.0 Å². The predicted octanol–water partition coefficient (Wildman–Crippen LogP) is 2.97. The van der Waals surface area contributed by atoms with Crippen LogP contribution in [0.15, 0.2) is 52.9 Å². The summed E-state index contributed by atoms with van der Waals surface area (Å²) in [6, 6.07) is 15.0. The molecule has 0 aliphatic carbocycles. The first-order valence-electron chi connectivity index (χ1n) is 11.8. The summed E-state index contributed by atoms with van der Waals surface area (Å²) in [4.78, 5) is 11.8. The second-order valence-electron chi connectivity index (χ2n) is 9.71. The molecule has 4 unspecified atom stereocenters. The van der Waals surface area contributed by atoms with E-state index >= 15 is 0 Å². The molecule has 10 heteroatoms. The summed E-state index contributed by atoms with van der Waals surface area (Å²) in [5, 5.41) is 40.6. The molecule has 192 valence electrons. The van der Waals surface area contributed by atoms with E-state index in [1.807, 2.05) is 48.5 Å². The molecule has 36 heavy (non-hydrogen) atoms. The monoisotopic (exact) mass is 497 g/mol. The van der Waals surface area contributed by atoms with Crippen LogP contribution in [-0.4, -0.2) is 62.1 Å². The smallest absolute Gasteiger partial charge is 0.408 e. The molecule has 10 nitrogen and oxygen atoms in total. The number of rotatable bonds is 6. The lowest BCUT2D eigenvalue weighted by molar-refractivity contribution is -0.179. The molecule has 4 atom stereocenters. The lowest BCUT2D eigenvalue weighted by Gasteiger charge is -2.37. The molecule has 0 bridgehead atoms. The van der Waals surface area contributed by atoms with Crippen molar-refractivity contribution in [2.75, 3.05) is 6.61 Å². The number of ether oxygens (including phenoxy) is 2. The van der Waals surface area contributed by atoms with E-state index in [0.717, 1.165) is 11.1 Å². The van der Waals surface area contributed by atoms with Crippen molar-refractivity contribution in [1.82, 2.24) is 15.5 Å². The third-order valence-electron chi connectivity index (χ3n) is 5.68. The second-order valence-corrected chi connectivity index (χ2v) is 9.71. The topological polar surface area (TPSA) is 147 Å². The lowest BCUT2D eigenvalue weighted by atomic mass is 9.91. The van der Waals surface area contributed by atoms with Crippen LogP contribution in [0, 0.1) is 0 Å². The minimum atomic E-state index is -1.08. The lowest BCUT2D eigenvalue weighted by Crippen LogP contribution is -2.44. The van der Waals surface area contributed by atoms with Gasteiger partial charge >= 0.3 is 6.09 Å². The molecule has 0 radical (unpaired) electrons. The van der Waals surface area contributed by atoms with Crippen molar-refractivity contribution in [1.29, 1.82) is 0 Å². The molecular formula is C26H31N3O7. The van der Waals surface area contributed by atoms with Crippen molar-refractivity contribution >= 4 is 6.09 Å². The van der Waals surface area contributed by atoms with Gasteiger partial charge in [-0.15, -0.1) is 10.2 Å². The van der Waals surface area contributed by atoms with Gasteiger partial charge in [-0.3, -0.25) is 0 Å². The van der Waals surface area contributed by atoms with Crippen molar-refractivity contribution in [2.24, 2.45) is 0 Å². The zero-order valence-electron chi connectivity index (χ0n) is 20.4. The van der Waals surface area contributed by atoms with Crippen LogP contribution in [0.3, 0.4) is 0 Å². The highest BCUT2D eigenvalue weighted by atomic mass is 16.6. The standard InChI is InChI=1S/C26H31N3O7/c1-26(2,3)36-25(33)27-13-21-28-29-24(35-21)16-9-7-15(8-10-16)17-5-4-6-18(11-17)23-22(32)20(31)12-19(14-30)34-23/h4-11,19-20,22-23,30-32H,12-14H2,1-3H3,(H,27,33). The highest BCUT2D eigenvalue weighted by molar-refractivity contribution is 5.68. The average molecular weight is 498 g/mol. The minimum Gasteiger partial charge on any atom is -0.444 e. The Morgan fingerprint density at radius 2 is 1.81 bits per heavy atom. The molecule has 1 saturated heterocycles. The third kappa shape index (κ3) is 6.27. The Hall–Kier alpha value is -3.31. The van der Waals surface area contributed by atoms with Crippen LogP contribution in [-0.2, 0) is 16.0 Å². The molecule has 1 aliphatic heterocycles. The fourth-order valence-electron chi connectivity index (χ4n) is 3.95. The number of carbonyl (C=O) groups excluding carboxylic acids is 1. The van der Waals surface area contributed by atoms with E-state index in [0.29, 0.717) is 17.0 Å². The van der Waals surface area contributed by atoms with Gasteiger partial charge < -0.3 is 34.5 Å². The molecule has 2 heterocycles. The number of amides is 1. The van der Waals surface area contributed by atoms with Gasteiger partial charge in [-0.25, -0.2) is 4.79 Å². The number of aliphatic hydroxyl groups is 3. The molecule has 1 aromatic heterocycles. The fraction of sp³-hybridized carbons (Fsp3) is 0.423. The fourth-order valence-corrected chi connectivity index (χ4v) is 3.95. The summed E-state index contributed by atoms with van der Waals surface area (Å²) >= 11 is 0. The van der Waals surface area contributed by atoms with Crippen LogP contribution < -0.4 is 5.32 Å². The summed E-state index contributed by atoms with van der Waals surface area (Å²) in [6.07, 6.45) is -3.71. The zero-order valence-corrected chi connectivity index (χ0v) is 20.4. The summed E-state index contributed by atoms with van der Waals surface area (Å²) in [7, 11) is 0. The number of benzene rings is 2. The van der Waals surface area contributed by atoms with Crippen LogP contribution in [0.1, 0.15) is 44.8 Å². The number of hydrogen-bond acceptors (Lipinski definition) is 9. The number of hydrogen-bond donors (Lipinski definition) is 4. The van der Waals surface area contributed by atoms with Crippen LogP contribution in [0.4, 0.5) is 4.79 Å². The maximum Gasteiger partial charge on any atom is 0.408 e. The van der Waals surface area contributed by atoms with Crippen LogP contribution in [0.2, 0.25) is 0 Å². The predicted molar refractivity (Wildman–Crippen MR) is 130 cm³/mol. The molecule has 2 aromatic carbocycles. The summed E-state index contributed by atoms with van der Waals surface area (Å²) in [5.41, 5.74) is 2.63. The van der Waals surface area contributed by atoms with Gasteiger partial charge in [-0.2, -0.15) is 0 Å². The number of nitrogens with zero attached hydrogens (tertiary/aromatic N) is 2. The molecule has 4 N–H and O–H groups in total. The Balaban J connectivity index is 1.44. The minimum absolute atomic E-state index is 0.0493. The summed E-state index contributed by atoms with van der Waals surface area (Å²) in [6.45, 7) is 5.16. The first-order chi connectivity index (χ1) is 17.1. The summed E-state index contributed by atoms with van der Waals surface area (Å²) in [5.74, 6) is 0.570. The van der Waals surface area contributed by atoms with E-state index in [4.69, 9.17) is 13.9 Å². The highest BCUT2D eigenvalue weighted by Gasteiger charge is 2.37. The van der Waals surface area contributed by atoms with Gasteiger partial charge in [0.15, 0.2) is 0 Å². The number of aromatic nitrogens is 2. The Morgan fingerprint density at radius 1 is 1.08 bits per heavy atom. The van der Waals surface area contributed by atoms with E-state index in [-0.39, 0.29) is 25.5 Å². The highest BCUT2D eigenvalue weighted by Crippen LogP contribution is 2.34. The Bertz CT molecular complexity index is 1170. The van der Waals surface area contributed by atoms with Crippen molar-refractivity contribution in [3.63, 3.8) is 0 Å². The van der Waals surface area contributed by atoms with Gasteiger partial charge in [0.05, 0.1) is 25.4 Å². The normalized spacial score (nSPS) is 22.3. The quantitative estimate of drug-likeness (QED) is 0.403. The Morgan fingerprint density at radius 3 is 2.50 bits per heavy atom. The van der Waals surface area contributed by atoms with Crippen molar-refractivity contribution in [3.05, 3.63) is 60.0 Å². The van der Waals surface area contributed by atoms with Crippen LogP contribution in [0.25, 0.3) is 22.6 Å². The maximum atomic E-state index is 11.8. The Labute approximate surface area is 208 Å². The van der Waals surface area contributed by atoms with Crippen LogP contribution in [0.5, 0.6) is 0 Å². The molecule has 4 rings (SSSR count). The van der Waals surface area contributed by atoms with E-state index in [1.54, 1.807) is 20.8 Å². The summed E-state index contributed by atoms with van der Waals surface area (Å²) < 4.78 is 16.7. The van der Waals surface area contributed by atoms with E-state index in [2.05, 4.69) is 15.5 Å². The number of nitrogens with one attached hydrogen (secondary N) is 1. The van der Waals surface area contributed by atoms with Gasteiger partial charge in [0.25, 0.3) is 0 Å². The Kier molecular flexibility index (Phi) is 7.70. The van der Waals surface area contributed by atoms with Crippen molar-refractivity contribution in [3.8, 4) is 22.6 Å². The third-order valence-corrected chi connectivity index (χ3v) is 5.68. The average Bonchev–Trinajstić information content (AvgIpc) is 3.33. The zero-order chi connectivity index (χ0) is 25.9. The molecule has 0 spiro atoms. The van der Waals surface area contributed by atoms with Crippen molar-refractivity contribution < 1.29 is 34.0 Å². The molecule has 3 aromatic rings. The maximum absolute atomic E-state index is 11.8. The van der Waals surface area contributed by atoms with Gasteiger partial charge in [0.1, 0.15) is 17.8 Å². The largest absolute Gasteiger partial charge is 0.444 e. The number of aliphatic hydroxyl groups excluding tert-OH is 3. The SMILES string of the molecule is CC(C)(C)OC(=O)NCc1nnc(-c2ccc(-c3cccc(C4OC(CO)CC(O)C4O)c3)cc2)o1. The first-order valence-corrected chi connectivity index (χ1v) is 11.8. The van der Waals surface area contributed by atoms with E-state index in [9.17, 15) is 20.1 Å². The van der Waals surface area contributed by atoms with Crippen molar-refractivity contribution in [2.45, 2.75) is 63.8 Å². The van der Waals surface area contributed by atoms with E-state index in [1.165, 1.54) is 0 Å². The van der Waals surface area contributed by atoms with Crippen LogP contribution >= 0.6 is 0 Å². The van der Waals surface area contributed by atoms with Gasteiger partial charge in [-0.05, 0) is 55.7 Å². The molecule has 1 fully saturated rings. The second kappa shape index (κ2) is 10.8. The number of alkyl carbamates (subject to hydrolysis) is 1. The van der Waals surface area contributed by atoms with Gasteiger partial charge in [0.2, 0.25) is 11.8 Å². The first kappa shape index (κ1) is 25.8. The number of carbonyl (C=O) groups is 1. The molecule has 1 amide bonds.